The van der Waals surface area contributed by atoms with Crippen molar-refractivity contribution in [2.24, 2.45) is 4.99 Å². The Kier molecular flexibility index (Phi) is 5.87. The highest BCUT2D eigenvalue weighted by Crippen LogP contribution is 2.18. The maximum atomic E-state index is 13.0. The second kappa shape index (κ2) is 8.71. The summed E-state index contributed by atoms with van der Waals surface area (Å²) in [6.45, 7) is 3.37. The van der Waals surface area contributed by atoms with Crippen molar-refractivity contribution in [3.05, 3.63) is 52.7 Å². The van der Waals surface area contributed by atoms with Crippen LogP contribution < -0.4 is 21.2 Å². The molecule has 1 amide bonds. The van der Waals surface area contributed by atoms with Crippen LogP contribution in [0.1, 0.15) is 43.0 Å². The van der Waals surface area contributed by atoms with E-state index in [0.717, 1.165) is 42.0 Å². The van der Waals surface area contributed by atoms with Crippen LogP contribution in [0.25, 0.3) is 5.57 Å². The summed E-state index contributed by atoms with van der Waals surface area (Å²) in [6, 6.07) is 9.20. The lowest BCUT2D eigenvalue weighted by molar-refractivity contribution is 0.102. The molecule has 2 aromatic rings. The lowest BCUT2D eigenvalue weighted by atomic mass is 10.1. The quantitative estimate of drug-likeness (QED) is 0.735. The number of aliphatic hydroxyl groups excluding tert-OH is 1. The average Bonchev–Trinajstić information content (AvgIpc) is 2.97. The number of anilines is 2. The molecule has 2 atom stereocenters. The van der Waals surface area contributed by atoms with Gasteiger partial charge in [0.25, 0.3) is 5.91 Å². The largest absolute Gasteiger partial charge is 0.379 e. The zero-order valence-electron chi connectivity index (χ0n) is 16.5. The number of nitrogens with zero attached hydrogens (tertiary/aromatic N) is 2. The van der Waals surface area contributed by atoms with E-state index >= 15 is 0 Å². The van der Waals surface area contributed by atoms with Crippen LogP contribution in [-0.2, 0) is 4.74 Å². The van der Waals surface area contributed by atoms with Crippen LogP contribution in [0.3, 0.4) is 0 Å². The summed E-state index contributed by atoms with van der Waals surface area (Å²) < 4.78 is 5.63. The molecule has 0 aliphatic carbocycles. The van der Waals surface area contributed by atoms with Gasteiger partial charge in [0, 0.05) is 30.1 Å². The van der Waals surface area contributed by atoms with Crippen molar-refractivity contribution >= 4 is 23.0 Å². The third-order valence-corrected chi connectivity index (χ3v) is 5.29. The summed E-state index contributed by atoms with van der Waals surface area (Å²) in [6.07, 6.45) is 4.64. The molecule has 0 saturated carbocycles. The lowest BCUT2D eigenvalue weighted by Gasteiger charge is -2.18. The number of aliphatic hydroxyl groups is 1. The molecule has 2 aliphatic heterocycles. The van der Waals surface area contributed by atoms with E-state index < -0.39 is 6.23 Å². The number of carbonyl (C=O) groups excluding carboxylic acids is 1. The molecule has 7 heteroatoms. The van der Waals surface area contributed by atoms with Crippen LogP contribution in [0.5, 0.6) is 0 Å². The number of aromatic nitrogens is 1. The molecule has 1 saturated heterocycles. The first-order valence-corrected chi connectivity index (χ1v) is 10.1. The summed E-state index contributed by atoms with van der Waals surface area (Å²) in [4.78, 5) is 21.6. The Balaban J connectivity index is 1.55. The summed E-state index contributed by atoms with van der Waals surface area (Å²) in [5, 5.41) is 17.8. The molecule has 1 aromatic heterocycles. The smallest absolute Gasteiger partial charge is 0.259 e. The van der Waals surface area contributed by atoms with Gasteiger partial charge in [-0.05, 0) is 56.5 Å². The topological polar surface area (TPSA) is 95.8 Å². The van der Waals surface area contributed by atoms with Gasteiger partial charge in [-0.15, -0.1) is 0 Å². The molecule has 7 nitrogen and oxygen atoms in total. The highest BCUT2D eigenvalue weighted by atomic mass is 16.5. The highest BCUT2D eigenvalue weighted by Gasteiger charge is 2.18. The first kappa shape index (κ1) is 19.5. The van der Waals surface area contributed by atoms with E-state index in [-0.39, 0.29) is 11.9 Å². The van der Waals surface area contributed by atoms with E-state index in [0.29, 0.717) is 30.1 Å². The third kappa shape index (κ3) is 4.63. The maximum absolute atomic E-state index is 13.0. The van der Waals surface area contributed by atoms with Crippen LogP contribution in [0, 0.1) is 0 Å². The minimum absolute atomic E-state index is 0.146. The molecule has 1 fully saturated rings. The van der Waals surface area contributed by atoms with Gasteiger partial charge >= 0.3 is 0 Å². The van der Waals surface area contributed by atoms with Gasteiger partial charge in [0.1, 0.15) is 12.0 Å². The van der Waals surface area contributed by atoms with Gasteiger partial charge in [-0.3, -0.25) is 9.79 Å². The Morgan fingerprint density at radius 3 is 3.07 bits per heavy atom. The van der Waals surface area contributed by atoms with Crippen molar-refractivity contribution in [3.8, 4) is 0 Å². The second-order valence-electron chi connectivity index (χ2n) is 7.59. The van der Waals surface area contributed by atoms with E-state index in [2.05, 4.69) is 20.6 Å². The molecule has 3 heterocycles. The molecule has 3 N–H and O–H groups in total. The van der Waals surface area contributed by atoms with Crippen molar-refractivity contribution in [2.75, 3.05) is 23.8 Å². The fourth-order valence-corrected chi connectivity index (χ4v) is 3.77. The van der Waals surface area contributed by atoms with Gasteiger partial charge in [-0.25, -0.2) is 4.98 Å². The molecule has 2 aliphatic rings. The summed E-state index contributed by atoms with van der Waals surface area (Å²) in [5.41, 5.74) is 2.23. The number of ether oxygens (including phenoxy) is 1. The summed E-state index contributed by atoms with van der Waals surface area (Å²) in [7, 11) is 0. The molecular formula is C22H26N4O3. The molecule has 1 aromatic carbocycles. The van der Waals surface area contributed by atoms with Crippen LogP contribution in [0.15, 0.2) is 41.5 Å². The number of benzene rings is 1. The fourth-order valence-electron chi connectivity index (χ4n) is 3.77. The van der Waals surface area contributed by atoms with Gasteiger partial charge in [0.15, 0.2) is 0 Å². The van der Waals surface area contributed by atoms with Crippen molar-refractivity contribution in [3.63, 3.8) is 0 Å². The van der Waals surface area contributed by atoms with Crippen LogP contribution in [0.2, 0.25) is 0 Å². The van der Waals surface area contributed by atoms with Gasteiger partial charge in [0.2, 0.25) is 0 Å². The van der Waals surface area contributed by atoms with Gasteiger partial charge in [-0.1, -0.05) is 5.57 Å². The first-order valence-electron chi connectivity index (χ1n) is 10.1. The van der Waals surface area contributed by atoms with Crippen LogP contribution in [-0.4, -0.2) is 41.5 Å². The number of amides is 1. The van der Waals surface area contributed by atoms with E-state index in [1.54, 1.807) is 24.4 Å². The molecule has 4 rings (SSSR count). The second-order valence-corrected chi connectivity index (χ2v) is 7.59. The Morgan fingerprint density at radius 2 is 2.17 bits per heavy atom. The minimum atomic E-state index is -0.695. The van der Waals surface area contributed by atoms with Crippen molar-refractivity contribution in [2.45, 2.75) is 44.9 Å². The summed E-state index contributed by atoms with van der Waals surface area (Å²) >= 11 is 0. The minimum Gasteiger partial charge on any atom is -0.379 e. The van der Waals surface area contributed by atoms with Crippen molar-refractivity contribution in [1.82, 2.24) is 4.98 Å². The standard InChI is InChI=1S/C22H26N4O3/c1-14-11-20(27)26-19-8-7-15(12-18(14)19)25-22(28)17-6-4-9-23-21(17)24-16-5-2-3-10-29-13-16/h4,6-9,12,16,20,27H,2-3,5,10-11,13H2,1H3,(H,23,24)(H,25,28). The van der Waals surface area contributed by atoms with E-state index in [1.165, 1.54) is 0 Å². The number of pyridine rings is 1. The Hall–Kier alpha value is -2.77. The van der Waals surface area contributed by atoms with E-state index in [1.807, 2.05) is 19.1 Å². The number of carbonyl (C=O) groups is 1. The van der Waals surface area contributed by atoms with Crippen LogP contribution >= 0.6 is 0 Å². The predicted molar refractivity (Wildman–Crippen MR) is 111 cm³/mol. The molecule has 152 valence electrons. The molecule has 0 bridgehead atoms. The first-order chi connectivity index (χ1) is 14.1. The molecule has 0 spiro atoms. The van der Waals surface area contributed by atoms with Crippen molar-refractivity contribution < 1.29 is 14.6 Å². The number of rotatable bonds is 4. The molecule has 29 heavy (non-hydrogen) atoms. The Morgan fingerprint density at radius 1 is 1.28 bits per heavy atom. The number of fused-ring (bicyclic) bond motifs is 1. The third-order valence-electron chi connectivity index (χ3n) is 5.29. The monoisotopic (exact) mass is 394 g/mol. The Labute approximate surface area is 169 Å². The van der Waals surface area contributed by atoms with E-state index in [9.17, 15) is 9.90 Å². The number of nitrogens with one attached hydrogen (secondary N) is 2. The van der Waals surface area contributed by atoms with Gasteiger partial charge < -0.3 is 20.5 Å². The zero-order chi connectivity index (χ0) is 20.2. The highest BCUT2D eigenvalue weighted by molar-refractivity contribution is 6.07. The maximum Gasteiger partial charge on any atom is 0.259 e. The lowest BCUT2D eigenvalue weighted by Crippen LogP contribution is -2.34. The molecular weight excluding hydrogens is 368 g/mol. The predicted octanol–water partition coefficient (Wildman–Crippen LogP) is 1.83. The van der Waals surface area contributed by atoms with Crippen molar-refractivity contribution in [1.29, 1.82) is 0 Å². The number of hydrogen-bond acceptors (Lipinski definition) is 6. The van der Waals surface area contributed by atoms with Crippen LogP contribution in [0.4, 0.5) is 11.5 Å². The fraction of sp³-hybridized carbons (Fsp3) is 0.409. The Bertz CT molecular complexity index is 1010. The average molecular weight is 394 g/mol. The SMILES string of the molecule is CC1=c2cc(NC(=O)c3cccnc3NC3CCCCOC3)ccc2=NC(O)C1. The number of hydrogen-bond donors (Lipinski definition) is 3. The molecule has 2 unspecified atom stereocenters. The zero-order valence-corrected chi connectivity index (χ0v) is 16.5. The normalized spacial score (nSPS) is 21.5. The molecule has 0 radical (unpaired) electrons. The summed E-state index contributed by atoms with van der Waals surface area (Å²) in [5.74, 6) is 0.347. The van der Waals surface area contributed by atoms with Gasteiger partial charge in [-0.2, -0.15) is 0 Å². The van der Waals surface area contributed by atoms with Gasteiger partial charge in [0.05, 0.1) is 23.6 Å². The van der Waals surface area contributed by atoms with E-state index in [4.69, 9.17) is 4.74 Å².